The van der Waals surface area contributed by atoms with Crippen LogP contribution in [-0.4, -0.2) is 18.6 Å². The van der Waals surface area contributed by atoms with E-state index in [1.165, 1.54) is 0 Å². The predicted octanol–water partition coefficient (Wildman–Crippen LogP) is 4.35. The second-order valence-corrected chi connectivity index (χ2v) is 6.30. The van der Waals surface area contributed by atoms with Gasteiger partial charge < -0.3 is 19.5 Å². The van der Waals surface area contributed by atoms with Crippen molar-refractivity contribution in [3.8, 4) is 17.2 Å². The number of benzene rings is 2. The standard InChI is InChI=1S/C19H20ClNO4/c1-4-23-16-10-12(9-14(20)17(16)24-11(2)3)19-21-18(22)13-7-5-6-8-15(13)25-19/h5-11,19H,4H2,1-3H3,(H,21,22). The van der Waals surface area contributed by atoms with E-state index in [0.29, 0.717) is 40.0 Å². The van der Waals surface area contributed by atoms with Crippen molar-refractivity contribution in [3.05, 3.63) is 52.5 Å². The zero-order valence-electron chi connectivity index (χ0n) is 14.3. The van der Waals surface area contributed by atoms with Crippen molar-refractivity contribution in [1.82, 2.24) is 5.32 Å². The van der Waals surface area contributed by atoms with E-state index in [1.54, 1.807) is 30.3 Å². The first kappa shape index (κ1) is 17.4. The molecule has 5 nitrogen and oxygen atoms in total. The maximum atomic E-state index is 12.3. The zero-order chi connectivity index (χ0) is 18.0. The van der Waals surface area contributed by atoms with Gasteiger partial charge in [0.1, 0.15) is 5.75 Å². The maximum Gasteiger partial charge on any atom is 0.258 e. The normalized spacial score (nSPS) is 16.0. The van der Waals surface area contributed by atoms with Gasteiger partial charge in [0, 0.05) is 5.56 Å². The first-order valence-corrected chi connectivity index (χ1v) is 8.56. The lowest BCUT2D eigenvalue weighted by atomic mass is 10.1. The zero-order valence-corrected chi connectivity index (χ0v) is 15.1. The molecule has 3 rings (SSSR count). The number of para-hydroxylation sites is 1. The van der Waals surface area contributed by atoms with Crippen LogP contribution in [0.3, 0.4) is 0 Å². The molecule has 1 atom stereocenters. The van der Waals surface area contributed by atoms with Crippen LogP contribution in [-0.2, 0) is 0 Å². The number of carbonyl (C=O) groups excluding carboxylic acids is 1. The smallest absolute Gasteiger partial charge is 0.258 e. The topological polar surface area (TPSA) is 56.8 Å². The van der Waals surface area contributed by atoms with Crippen LogP contribution < -0.4 is 19.5 Å². The predicted molar refractivity (Wildman–Crippen MR) is 95.7 cm³/mol. The summed E-state index contributed by atoms with van der Waals surface area (Å²) in [5, 5.41) is 3.24. The molecule has 1 amide bonds. The van der Waals surface area contributed by atoms with Crippen molar-refractivity contribution in [3.63, 3.8) is 0 Å². The third kappa shape index (κ3) is 3.66. The molecule has 1 N–H and O–H groups in total. The quantitative estimate of drug-likeness (QED) is 0.860. The summed E-state index contributed by atoms with van der Waals surface area (Å²) >= 11 is 6.40. The molecule has 1 aliphatic rings. The van der Waals surface area contributed by atoms with Gasteiger partial charge in [0.2, 0.25) is 0 Å². The van der Waals surface area contributed by atoms with Crippen LogP contribution in [0.2, 0.25) is 5.02 Å². The number of carbonyl (C=O) groups is 1. The number of hydrogen-bond donors (Lipinski definition) is 1. The first-order valence-electron chi connectivity index (χ1n) is 8.19. The highest BCUT2D eigenvalue weighted by atomic mass is 35.5. The molecule has 0 fully saturated rings. The Labute approximate surface area is 151 Å². The number of fused-ring (bicyclic) bond motifs is 1. The lowest BCUT2D eigenvalue weighted by Crippen LogP contribution is -2.36. The first-order chi connectivity index (χ1) is 12.0. The minimum absolute atomic E-state index is 0.0416. The average molecular weight is 362 g/mol. The molecule has 2 aromatic carbocycles. The lowest BCUT2D eigenvalue weighted by Gasteiger charge is -2.28. The van der Waals surface area contributed by atoms with Crippen LogP contribution in [0.15, 0.2) is 36.4 Å². The van der Waals surface area contributed by atoms with Gasteiger partial charge in [-0.25, -0.2) is 0 Å². The highest BCUT2D eigenvalue weighted by molar-refractivity contribution is 6.32. The SMILES string of the molecule is CCOc1cc(C2NC(=O)c3ccccc3O2)cc(Cl)c1OC(C)C. The Morgan fingerprint density at radius 2 is 2.04 bits per heavy atom. The van der Waals surface area contributed by atoms with E-state index in [-0.39, 0.29) is 12.0 Å². The molecule has 0 bridgehead atoms. The van der Waals surface area contributed by atoms with Gasteiger partial charge in [-0.2, -0.15) is 0 Å². The second kappa shape index (κ2) is 7.23. The van der Waals surface area contributed by atoms with Crippen LogP contribution in [0, 0.1) is 0 Å². The number of rotatable bonds is 5. The molecular formula is C19H20ClNO4. The summed E-state index contributed by atoms with van der Waals surface area (Å²) in [7, 11) is 0. The summed E-state index contributed by atoms with van der Waals surface area (Å²) in [6.07, 6.45) is -0.688. The Bertz CT molecular complexity index is 791. The molecule has 2 aromatic rings. The highest BCUT2D eigenvalue weighted by Gasteiger charge is 2.28. The van der Waals surface area contributed by atoms with Gasteiger partial charge in [-0.3, -0.25) is 4.79 Å². The van der Waals surface area contributed by atoms with Crippen molar-refractivity contribution >= 4 is 17.5 Å². The molecular weight excluding hydrogens is 342 g/mol. The molecule has 1 unspecified atom stereocenters. The van der Waals surface area contributed by atoms with Gasteiger partial charge >= 0.3 is 0 Å². The molecule has 0 spiro atoms. The summed E-state index contributed by atoms with van der Waals surface area (Å²) < 4.78 is 17.3. The highest BCUT2D eigenvalue weighted by Crippen LogP contribution is 2.40. The van der Waals surface area contributed by atoms with Crippen LogP contribution in [0.5, 0.6) is 17.2 Å². The van der Waals surface area contributed by atoms with Gasteiger partial charge in [-0.15, -0.1) is 0 Å². The van der Waals surface area contributed by atoms with Gasteiger partial charge in [0.05, 0.1) is 23.3 Å². The minimum Gasteiger partial charge on any atom is -0.490 e. The third-order valence-corrected chi connectivity index (χ3v) is 3.91. The Hall–Kier alpha value is -2.40. The average Bonchev–Trinajstić information content (AvgIpc) is 2.57. The third-order valence-electron chi connectivity index (χ3n) is 3.63. The van der Waals surface area contributed by atoms with Crippen LogP contribution in [0.1, 0.15) is 42.9 Å². The number of ether oxygens (including phenoxy) is 3. The molecule has 132 valence electrons. The van der Waals surface area contributed by atoms with Crippen molar-refractivity contribution in [2.75, 3.05) is 6.61 Å². The van der Waals surface area contributed by atoms with Crippen molar-refractivity contribution in [2.24, 2.45) is 0 Å². The summed E-state index contributed by atoms with van der Waals surface area (Å²) in [6.45, 7) is 6.19. The molecule has 0 aromatic heterocycles. The summed E-state index contributed by atoms with van der Waals surface area (Å²) in [5.41, 5.74) is 1.20. The Kier molecular flexibility index (Phi) is 5.04. The fourth-order valence-corrected chi connectivity index (χ4v) is 2.88. The van der Waals surface area contributed by atoms with E-state index in [0.717, 1.165) is 0 Å². The second-order valence-electron chi connectivity index (χ2n) is 5.90. The monoisotopic (exact) mass is 361 g/mol. The summed E-state index contributed by atoms with van der Waals surface area (Å²) in [5.74, 6) is 1.36. The van der Waals surface area contributed by atoms with Crippen molar-refractivity contribution in [2.45, 2.75) is 33.1 Å². The lowest BCUT2D eigenvalue weighted by molar-refractivity contribution is 0.0755. The van der Waals surface area contributed by atoms with Crippen LogP contribution in [0.4, 0.5) is 0 Å². The van der Waals surface area contributed by atoms with Gasteiger partial charge in [0.15, 0.2) is 17.7 Å². The summed E-state index contributed by atoms with van der Waals surface area (Å²) in [6, 6.07) is 10.6. The molecule has 0 saturated carbocycles. The van der Waals surface area contributed by atoms with Crippen molar-refractivity contribution < 1.29 is 19.0 Å². The number of halogens is 1. The van der Waals surface area contributed by atoms with E-state index in [4.69, 9.17) is 25.8 Å². The van der Waals surface area contributed by atoms with Gasteiger partial charge in [-0.1, -0.05) is 23.7 Å². The maximum absolute atomic E-state index is 12.3. The molecule has 25 heavy (non-hydrogen) atoms. The van der Waals surface area contributed by atoms with E-state index in [1.807, 2.05) is 26.8 Å². The Balaban J connectivity index is 1.97. The Morgan fingerprint density at radius 3 is 2.76 bits per heavy atom. The number of nitrogens with one attached hydrogen (secondary N) is 1. The molecule has 0 radical (unpaired) electrons. The van der Waals surface area contributed by atoms with E-state index in [9.17, 15) is 4.79 Å². The van der Waals surface area contributed by atoms with Crippen molar-refractivity contribution in [1.29, 1.82) is 0 Å². The van der Waals surface area contributed by atoms with Crippen LogP contribution >= 0.6 is 11.6 Å². The van der Waals surface area contributed by atoms with E-state index >= 15 is 0 Å². The fourth-order valence-electron chi connectivity index (χ4n) is 2.61. The Morgan fingerprint density at radius 1 is 1.28 bits per heavy atom. The number of amides is 1. The number of hydrogen-bond acceptors (Lipinski definition) is 4. The summed E-state index contributed by atoms with van der Waals surface area (Å²) in [4.78, 5) is 12.3. The molecule has 0 aliphatic carbocycles. The molecule has 1 heterocycles. The van der Waals surface area contributed by atoms with E-state index < -0.39 is 6.23 Å². The van der Waals surface area contributed by atoms with Crippen LogP contribution in [0.25, 0.3) is 0 Å². The molecule has 6 heteroatoms. The largest absolute Gasteiger partial charge is 0.490 e. The minimum atomic E-state index is -0.646. The van der Waals surface area contributed by atoms with E-state index in [2.05, 4.69) is 5.32 Å². The fraction of sp³-hybridized carbons (Fsp3) is 0.316. The van der Waals surface area contributed by atoms with Gasteiger partial charge in [-0.05, 0) is 45.0 Å². The molecule has 0 saturated heterocycles. The van der Waals surface area contributed by atoms with Gasteiger partial charge in [0.25, 0.3) is 5.91 Å². The molecule has 1 aliphatic heterocycles.